The Kier molecular flexibility index (Phi) is 4.42. The zero-order valence-electron chi connectivity index (χ0n) is 11.1. The third-order valence-electron chi connectivity index (χ3n) is 2.62. The Bertz CT molecular complexity index is 530. The highest BCUT2D eigenvalue weighted by molar-refractivity contribution is 8.01. The maximum absolute atomic E-state index is 4.50. The van der Waals surface area contributed by atoms with Gasteiger partial charge in [0.15, 0.2) is 4.34 Å². The van der Waals surface area contributed by atoms with E-state index in [4.69, 9.17) is 0 Å². The van der Waals surface area contributed by atoms with Gasteiger partial charge < -0.3 is 5.32 Å². The molecule has 18 heavy (non-hydrogen) atoms. The van der Waals surface area contributed by atoms with Gasteiger partial charge in [0.1, 0.15) is 5.03 Å². The van der Waals surface area contributed by atoms with E-state index >= 15 is 0 Å². The minimum Gasteiger partial charge on any atom is -0.313 e. The van der Waals surface area contributed by atoms with E-state index in [-0.39, 0.29) is 0 Å². The van der Waals surface area contributed by atoms with E-state index in [1.54, 1.807) is 23.1 Å². The normalized spacial score (nSPS) is 11.1. The van der Waals surface area contributed by atoms with Crippen molar-refractivity contribution in [1.29, 1.82) is 0 Å². The molecule has 0 aliphatic rings. The Balaban J connectivity index is 2.25. The van der Waals surface area contributed by atoms with E-state index < -0.39 is 0 Å². The van der Waals surface area contributed by atoms with Gasteiger partial charge in [-0.05, 0) is 32.2 Å². The lowest BCUT2D eigenvalue weighted by atomic mass is 10.2. The maximum Gasteiger partial charge on any atom is 0.156 e. The van der Waals surface area contributed by atoms with Crippen LogP contribution in [0.25, 0.3) is 0 Å². The van der Waals surface area contributed by atoms with Crippen molar-refractivity contribution in [3.8, 4) is 0 Å². The molecule has 2 heterocycles. The van der Waals surface area contributed by atoms with Crippen molar-refractivity contribution >= 4 is 23.1 Å². The van der Waals surface area contributed by atoms with E-state index in [0.29, 0.717) is 0 Å². The van der Waals surface area contributed by atoms with Gasteiger partial charge in [-0.1, -0.05) is 6.92 Å². The predicted octanol–water partition coefficient (Wildman–Crippen LogP) is 2.75. The number of thiazole rings is 1. The zero-order valence-corrected chi connectivity index (χ0v) is 12.8. The fraction of sp³-hybridized carbons (Fsp3) is 0.500. The van der Waals surface area contributed by atoms with E-state index in [9.17, 15) is 0 Å². The van der Waals surface area contributed by atoms with Gasteiger partial charge in [-0.3, -0.25) is 4.68 Å². The Morgan fingerprint density at radius 2 is 2.22 bits per heavy atom. The maximum atomic E-state index is 4.50. The number of hydrogen-bond donors (Lipinski definition) is 1. The summed E-state index contributed by atoms with van der Waals surface area (Å²) in [6.07, 6.45) is 0. The zero-order chi connectivity index (χ0) is 13.1. The quantitative estimate of drug-likeness (QED) is 0.915. The first-order valence-electron chi connectivity index (χ1n) is 5.95. The van der Waals surface area contributed by atoms with Crippen molar-refractivity contribution < 1.29 is 0 Å². The smallest absolute Gasteiger partial charge is 0.156 e. The average molecular weight is 282 g/mol. The van der Waals surface area contributed by atoms with Gasteiger partial charge in [0.2, 0.25) is 0 Å². The summed E-state index contributed by atoms with van der Waals surface area (Å²) >= 11 is 3.39. The number of rotatable bonds is 5. The molecule has 2 aromatic rings. The molecule has 2 rings (SSSR count). The Hall–Kier alpha value is -0.850. The molecule has 0 aliphatic heterocycles. The van der Waals surface area contributed by atoms with Crippen LogP contribution in [0.15, 0.2) is 14.7 Å². The first kappa shape index (κ1) is 13.6. The lowest BCUT2D eigenvalue weighted by Gasteiger charge is -2.05. The number of aromatic nitrogens is 3. The van der Waals surface area contributed by atoms with Crippen LogP contribution in [0.1, 0.15) is 23.9 Å². The molecular formula is C12H18N4S2. The minimum atomic E-state index is 0.864. The second-order valence-corrected chi connectivity index (χ2v) is 6.22. The fourth-order valence-corrected chi connectivity index (χ4v) is 3.69. The van der Waals surface area contributed by atoms with Crippen LogP contribution in [0.2, 0.25) is 0 Å². The van der Waals surface area contributed by atoms with Crippen LogP contribution in [-0.2, 0) is 13.6 Å². The van der Waals surface area contributed by atoms with Crippen LogP contribution >= 0.6 is 23.1 Å². The molecule has 0 fully saturated rings. The minimum absolute atomic E-state index is 0.864. The number of aryl methyl sites for hydroxylation is 3. The molecule has 0 atom stereocenters. The SMILES string of the molecule is CCNCc1c(C)nn(C)c1Sc1nc(C)cs1. The Morgan fingerprint density at radius 3 is 2.83 bits per heavy atom. The van der Waals surface area contributed by atoms with Crippen molar-refractivity contribution in [2.75, 3.05) is 6.54 Å². The Labute approximate surface area is 116 Å². The summed E-state index contributed by atoms with van der Waals surface area (Å²) in [5.41, 5.74) is 3.45. The summed E-state index contributed by atoms with van der Waals surface area (Å²) < 4.78 is 3.02. The molecule has 0 aliphatic carbocycles. The van der Waals surface area contributed by atoms with Crippen molar-refractivity contribution in [2.45, 2.75) is 36.7 Å². The van der Waals surface area contributed by atoms with Gasteiger partial charge in [0.25, 0.3) is 0 Å². The van der Waals surface area contributed by atoms with Crippen LogP contribution in [0.3, 0.4) is 0 Å². The molecule has 0 unspecified atom stereocenters. The summed E-state index contributed by atoms with van der Waals surface area (Å²) in [4.78, 5) is 4.50. The summed E-state index contributed by atoms with van der Waals surface area (Å²) in [7, 11) is 1.99. The van der Waals surface area contributed by atoms with Crippen LogP contribution in [0.4, 0.5) is 0 Å². The third kappa shape index (κ3) is 2.93. The van der Waals surface area contributed by atoms with Crippen LogP contribution in [-0.4, -0.2) is 21.3 Å². The lowest BCUT2D eigenvalue weighted by molar-refractivity contribution is 0.674. The molecule has 0 spiro atoms. The predicted molar refractivity (Wildman–Crippen MR) is 76.3 cm³/mol. The summed E-state index contributed by atoms with van der Waals surface area (Å²) in [6, 6.07) is 0. The monoisotopic (exact) mass is 282 g/mol. The Morgan fingerprint density at radius 1 is 1.44 bits per heavy atom. The second kappa shape index (κ2) is 5.86. The third-order valence-corrected chi connectivity index (χ3v) is 4.88. The topological polar surface area (TPSA) is 42.7 Å². The molecule has 0 saturated heterocycles. The molecule has 6 heteroatoms. The summed E-state index contributed by atoms with van der Waals surface area (Å²) in [5, 5.41) is 11.1. The molecular weight excluding hydrogens is 264 g/mol. The van der Waals surface area contributed by atoms with Crippen molar-refractivity contribution in [3.63, 3.8) is 0 Å². The van der Waals surface area contributed by atoms with Crippen molar-refractivity contribution in [1.82, 2.24) is 20.1 Å². The molecule has 0 radical (unpaired) electrons. The largest absolute Gasteiger partial charge is 0.313 e. The average Bonchev–Trinajstić information content (AvgIpc) is 2.83. The first-order valence-corrected chi connectivity index (χ1v) is 7.64. The second-order valence-electron chi connectivity index (χ2n) is 4.13. The van der Waals surface area contributed by atoms with Crippen molar-refractivity contribution in [2.24, 2.45) is 7.05 Å². The lowest BCUT2D eigenvalue weighted by Crippen LogP contribution is -2.12. The van der Waals surface area contributed by atoms with E-state index in [0.717, 1.165) is 28.8 Å². The van der Waals surface area contributed by atoms with Gasteiger partial charge in [0.05, 0.1) is 5.69 Å². The molecule has 0 bridgehead atoms. The van der Waals surface area contributed by atoms with Crippen LogP contribution in [0, 0.1) is 13.8 Å². The van der Waals surface area contributed by atoms with E-state index in [1.165, 1.54) is 10.6 Å². The van der Waals surface area contributed by atoms with Gasteiger partial charge in [-0.15, -0.1) is 11.3 Å². The van der Waals surface area contributed by atoms with Gasteiger partial charge in [0, 0.05) is 30.2 Å². The first-order chi connectivity index (χ1) is 8.61. The van der Waals surface area contributed by atoms with Crippen LogP contribution in [0.5, 0.6) is 0 Å². The number of hydrogen-bond acceptors (Lipinski definition) is 5. The summed E-state index contributed by atoms with van der Waals surface area (Å²) in [6.45, 7) is 8.03. The molecule has 98 valence electrons. The summed E-state index contributed by atoms with van der Waals surface area (Å²) in [5.74, 6) is 0. The van der Waals surface area contributed by atoms with E-state index in [2.05, 4.69) is 34.6 Å². The molecule has 4 nitrogen and oxygen atoms in total. The van der Waals surface area contributed by atoms with E-state index in [1.807, 2.05) is 18.7 Å². The number of nitrogens with zero attached hydrogens (tertiary/aromatic N) is 3. The molecule has 1 N–H and O–H groups in total. The van der Waals surface area contributed by atoms with Gasteiger partial charge in [-0.2, -0.15) is 5.10 Å². The standard InChI is InChI=1S/C12H18N4S2/c1-5-13-6-10-9(3)15-16(4)11(10)18-12-14-8(2)7-17-12/h7,13H,5-6H2,1-4H3. The molecule has 0 saturated carbocycles. The molecule has 2 aromatic heterocycles. The van der Waals surface area contributed by atoms with Crippen molar-refractivity contribution in [3.05, 3.63) is 22.3 Å². The number of nitrogens with one attached hydrogen (secondary N) is 1. The highest BCUT2D eigenvalue weighted by atomic mass is 32.2. The molecule has 0 amide bonds. The van der Waals surface area contributed by atoms with Gasteiger partial charge in [-0.25, -0.2) is 4.98 Å². The fourth-order valence-electron chi connectivity index (χ4n) is 1.72. The highest BCUT2D eigenvalue weighted by Gasteiger charge is 2.15. The molecule has 0 aromatic carbocycles. The van der Waals surface area contributed by atoms with Crippen LogP contribution < -0.4 is 5.32 Å². The highest BCUT2D eigenvalue weighted by Crippen LogP contribution is 2.33. The van der Waals surface area contributed by atoms with Gasteiger partial charge >= 0.3 is 0 Å².